The lowest BCUT2D eigenvalue weighted by atomic mass is 10.6. The molecule has 2 N–H and O–H groups in total. The monoisotopic (exact) mass is 228 g/mol. The van der Waals surface area contributed by atoms with Gasteiger partial charge in [0.2, 0.25) is 5.95 Å². The lowest BCUT2D eigenvalue weighted by molar-refractivity contribution is -0.158. The van der Waals surface area contributed by atoms with Gasteiger partial charge in [0.1, 0.15) is 12.9 Å². The van der Waals surface area contributed by atoms with Crippen LogP contribution in [-0.4, -0.2) is 39.9 Å². The number of anilines is 1. The molecule has 0 unspecified atom stereocenters. The molecule has 8 heteroatoms. The average molecular weight is 228 g/mol. The van der Waals surface area contributed by atoms with Gasteiger partial charge in [0.15, 0.2) is 6.61 Å². The first-order valence-electron chi connectivity index (χ1n) is 4.58. The Labute approximate surface area is 91.3 Å². The Kier molecular flexibility index (Phi) is 4.25. The molecule has 0 aliphatic carbocycles. The second-order valence-electron chi connectivity index (χ2n) is 2.77. The number of hydrogen-bond acceptors (Lipinski definition) is 7. The van der Waals surface area contributed by atoms with Crippen molar-refractivity contribution in [1.29, 1.82) is 0 Å². The molecule has 16 heavy (non-hydrogen) atoms. The number of nitrogens with two attached hydrogens (primary N) is 1. The molecule has 0 amide bonds. The maximum Gasteiger partial charge on any atom is 0.344 e. The quantitative estimate of drug-likeness (QED) is 0.641. The highest BCUT2D eigenvalue weighted by molar-refractivity contribution is 5.76. The van der Waals surface area contributed by atoms with E-state index in [4.69, 9.17) is 5.73 Å². The van der Waals surface area contributed by atoms with Crippen LogP contribution in [-0.2, 0) is 25.6 Å². The van der Waals surface area contributed by atoms with Gasteiger partial charge in [0, 0.05) is 0 Å². The smallest absolute Gasteiger partial charge is 0.344 e. The predicted molar refractivity (Wildman–Crippen MR) is 52.0 cm³/mol. The minimum absolute atomic E-state index is 0.0678. The van der Waals surface area contributed by atoms with Crippen LogP contribution in [0.5, 0.6) is 0 Å². The summed E-state index contributed by atoms with van der Waals surface area (Å²) in [6.07, 6.45) is 1.29. The van der Waals surface area contributed by atoms with Gasteiger partial charge in [-0.15, -0.1) is 5.10 Å². The van der Waals surface area contributed by atoms with E-state index in [1.165, 1.54) is 11.0 Å². The van der Waals surface area contributed by atoms with E-state index >= 15 is 0 Å². The van der Waals surface area contributed by atoms with Gasteiger partial charge in [0.05, 0.1) is 6.61 Å². The Balaban J connectivity index is 2.28. The molecule has 0 saturated heterocycles. The fourth-order valence-corrected chi connectivity index (χ4v) is 0.905. The number of carbonyl (C=O) groups excluding carboxylic acids is 2. The molecule has 0 bridgehead atoms. The standard InChI is InChI=1S/C8H12N4O4/c1-2-15-7(14)4-16-6(13)3-12-5-10-8(9)11-12/h5H,2-4H2,1H3,(H2,9,11). The third-order valence-corrected chi connectivity index (χ3v) is 1.50. The van der Waals surface area contributed by atoms with Gasteiger partial charge in [-0.3, -0.25) is 4.79 Å². The molecule has 0 radical (unpaired) electrons. The molecule has 1 aromatic rings. The van der Waals surface area contributed by atoms with Crippen LogP contribution in [0.25, 0.3) is 0 Å². The van der Waals surface area contributed by atoms with Crippen LogP contribution in [0.2, 0.25) is 0 Å². The second-order valence-corrected chi connectivity index (χ2v) is 2.77. The molecule has 0 atom stereocenters. The van der Waals surface area contributed by atoms with E-state index in [-0.39, 0.29) is 19.1 Å². The van der Waals surface area contributed by atoms with E-state index in [0.29, 0.717) is 0 Å². The van der Waals surface area contributed by atoms with E-state index in [0.717, 1.165) is 0 Å². The minimum Gasteiger partial charge on any atom is -0.463 e. The first-order chi connectivity index (χ1) is 7.61. The van der Waals surface area contributed by atoms with Gasteiger partial charge in [-0.05, 0) is 6.92 Å². The Hall–Kier alpha value is -2.12. The lowest BCUT2D eigenvalue weighted by Crippen LogP contribution is -2.20. The zero-order chi connectivity index (χ0) is 12.0. The molecule has 0 aliphatic heterocycles. The van der Waals surface area contributed by atoms with Crippen LogP contribution in [0.3, 0.4) is 0 Å². The minimum atomic E-state index is -0.613. The van der Waals surface area contributed by atoms with Crippen LogP contribution >= 0.6 is 0 Å². The zero-order valence-corrected chi connectivity index (χ0v) is 8.75. The van der Waals surface area contributed by atoms with E-state index in [1.807, 2.05) is 0 Å². The number of nitrogen functional groups attached to an aromatic ring is 1. The molecular formula is C8H12N4O4. The van der Waals surface area contributed by atoms with Crippen molar-refractivity contribution in [3.05, 3.63) is 6.33 Å². The van der Waals surface area contributed by atoms with Crippen molar-refractivity contribution in [2.75, 3.05) is 18.9 Å². The number of carbonyl (C=O) groups is 2. The summed E-state index contributed by atoms with van der Waals surface area (Å²) in [6.45, 7) is 1.36. The Morgan fingerprint density at radius 2 is 2.19 bits per heavy atom. The number of ether oxygens (including phenoxy) is 2. The maximum atomic E-state index is 11.2. The highest BCUT2D eigenvalue weighted by Gasteiger charge is 2.09. The van der Waals surface area contributed by atoms with Gasteiger partial charge in [0.25, 0.3) is 0 Å². The van der Waals surface area contributed by atoms with Crippen molar-refractivity contribution in [3.63, 3.8) is 0 Å². The van der Waals surface area contributed by atoms with Gasteiger partial charge in [-0.25, -0.2) is 14.5 Å². The molecule has 0 fully saturated rings. The largest absolute Gasteiger partial charge is 0.463 e. The molecule has 0 aliphatic rings. The summed E-state index contributed by atoms with van der Waals surface area (Å²) in [7, 11) is 0. The average Bonchev–Trinajstić information content (AvgIpc) is 2.61. The van der Waals surface area contributed by atoms with Crippen molar-refractivity contribution in [2.45, 2.75) is 13.5 Å². The van der Waals surface area contributed by atoms with E-state index in [1.54, 1.807) is 6.92 Å². The first kappa shape index (κ1) is 12.0. The van der Waals surface area contributed by atoms with Crippen molar-refractivity contribution in [1.82, 2.24) is 14.8 Å². The Morgan fingerprint density at radius 3 is 2.75 bits per heavy atom. The first-order valence-corrected chi connectivity index (χ1v) is 4.58. The molecule has 0 saturated carbocycles. The van der Waals surface area contributed by atoms with Crippen LogP contribution in [0.1, 0.15) is 6.92 Å². The summed E-state index contributed by atoms with van der Waals surface area (Å²) in [5, 5.41) is 3.68. The van der Waals surface area contributed by atoms with Crippen molar-refractivity contribution < 1.29 is 19.1 Å². The van der Waals surface area contributed by atoms with Gasteiger partial charge in [-0.1, -0.05) is 0 Å². The van der Waals surface area contributed by atoms with Crippen molar-refractivity contribution in [2.24, 2.45) is 0 Å². The molecule has 0 aromatic carbocycles. The summed E-state index contributed by atoms with van der Waals surface area (Å²) >= 11 is 0. The highest BCUT2D eigenvalue weighted by atomic mass is 16.6. The summed E-state index contributed by atoms with van der Waals surface area (Å²) < 4.78 is 10.4. The third kappa shape index (κ3) is 3.95. The molecule has 0 spiro atoms. The predicted octanol–water partition coefficient (Wildman–Crippen LogP) is -1.03. The number of nitrogens with zero attached hydrogens (tertiary/aromatic N) is 3. The van der Waals surface area contributed by atoms with Gasteiger partial charge in [-0.2, -0.15) is 0 Å². The van der Waals surface area contributed by atoms with E-state index in [2.05, 4.69) is 19.6 Å². The van der Waals surface area contributed by atoms with E-state index in [9.17, 15) is 9.59 Å². The van der Waals surface area contributed by atoms with Crippen LogP contribution < -0.4 is 5.73 Å². The van der Waals surface area contributed by atoms with Crippen LogP contribution in [0.4, 0.5) is 5.95 Å². The number of rotatable bonds is 5. The van der Waals surface area contributed by atoms with E-state index < -0.39 is 18.5 Å². The lowest BCUT2D eigenvalue weighted by Gasteiger charge is -2.03. The highest BCUT2D eigenvalue weighted by Crippen LogP contribution is 1.91. The zero-order valence-electron chi connectivity index (χ0n) is 8.75. The summed E-state index contributed by atoms with van der Waals surface area (Å²) in [5.41, 5.74) is 5.25. The van der Waals surface area contributed by atoms with Crippen LogP contribution in [0.15, 0.2) is 6.33 Å². The summed E-state index contributed by atoms with van der Waals surface area (Å²) in [5.74, 6) is -1.13. The normalized spacial score (nSPS) is 9.81. The second kappa shape index (κ2) is 5.69. The molecule has 1 heterocycles. The van der Waals surface area contributed by atoms with Gasteiger partial charge < -0.3 is 15.2 Å². The molecule has 1 rings (SSSR count). The number of aromatic nitrogens is 3. The summed E-state index contributed by atoms with van der Waals surface area (Å²) in [4.78, 5) is 25.6. The fourth-order valence-electron chi connectivity index (χ4n) is 0.905. The molecular weight excluding hydrogens is 216 g/mol. The topological polar surface area (TPSA) is 109 Å². The SMILES string of the molecule is CCOC(=O)COC(=O)Cn1cnc(N)n1. The van der Waals surface area contributed by atoms with Gasteiger partial charge >= 0.3 is 11.9 Å². The molecule has 8 nitrogen and oxygen atoms in total. The Bertz CT molecular complexity index is 376. The number of esters is 2. The molecule has 1 aromatic heterocycles. The number of hydrogen-bond donors (Lipinski definition) is 1. The van der Waals surface area contributed by atoms with Crippen molar-refractivity contribution >= 4 is 17.9 Å². The maximum absolute atomic E-state index is 11.2. The van der Waals surface area contributed by atoms with Crippen molar-refractivity contribution in [3.8, 4) is 0 Å². The fraction of sp³-hybridized carbons (Fsp3) is 0.500. The Morgan fingerprint density at radius 1 is 1.44 bits per heavy atom. The third-order valence-electron chi connectivity index (χ3n) is 1.50. The molecule has 88 valence electrons. The van der Waals surface area contributed by atoms with Crippen LogP contribution in [0, 0.1) is 0 Å². The summed E-state index contributed by atoms with van der Waals surface area (Å²) in [6, 6.07) is 0.